The fraction of sp³-hybridized carbons (Fsp3) is 0.417. The summed E-state index contributed by atoms with van der Waals surface area (Å²) in [7, 11) is 0. The monoisotopic (exact) mass is 409 g/mol. The topological polar surface area (TPSA) is 45.7 Å². The Kier molecular flexibility index (Phi) is 5.50. The highest BCUT2D eigenvalue weighted by Crippen LogP contribution is 2.34. The molecule has 0 saturated carbocycles. The van der Waals surface area contributed by atoms with E-state index >= 15 is 0 Å². The smallest absolute Gasteiger partial charge is 0.410 e. The lowest BCUT2D eigenvalue weighted by atomic mass is 10.0. The molecule has 2 atom stereocenters. The van der Waals surface area contributed by atoms with E-state index in [2.05, 4.69) is 16.0 Å². The second-order valence-electron chi connectivity index (χ2n) is 9.17. The number of rotatable bonds is 3. The van der Waals surface area contributed by atoms with Crippen LogP contribution in [0, 0.1) is 17.7 Å². The third kappa shape index (κ3) is 4.81. The molecule has 3 heterocycles. The van der Waals surface area contributed by atoms with E-state index in [1.165, 1.54) is 12.1 Å². The Labute approximate surface area is 177 Å². The Bertz CT molecular complexity index is 922. The summed E-state index contributed by atoms with van der Waals surface area (Å²) in [5, 5.41) is 0. The zero-order valence-electron chi connectivity index (χ0n) is 17.7. The lowest BCUT2D eigenvalue weighted by molar-refractivity contribution is 0.0282. The number of amides is 1. The molecule has 2 fully saturated rings. The van der Waals surface area contributed by atoms with Crippen LogP contribution in [-0.2, 0) is 4.74 Å². The van der Waals surface area contributed by atoms with Gasteiger partial charge in [-0.05, 0) is 50.1 Å². The molecular weight excluding hydrogens is 381 g/mol. The van der Waals surface area contributed by atoms with Crippen molar-refractivity contribution in [2.45, 2.75) is 26.4 Å². The van der Waals surface area contributed by atoms with Crippen molar-refractivity contribution in [3.8, 4) is 0 Å². The van der Waals surface area contributed by atoms with Crippen LogP contribution < -0.4 is 4.90 Å². The second kappa shape index (κ2) is 8.09. The molecular formula is C24H28FN3O2. The van der Waals surface area contributed by atoms with Crippen LogP contribution in [0.4, 0.5) is 14.9 Å². The first-order valence-electron chi connectivity index (χ1n) is 10.4. The maximum absolute atomic E-state index is 13.0. The molecule has 2 aliphatic heterocycles. The maximum atomic E-state index is 13.0. The minimum absolute atomic E-state index is 0.210. The normalized spacial score (nSPS) is 21.3. The van der Waals surface area contributed by atoms with Gasteiger partial charge in [-0.25, -0.2) is 9.18 Å². The Morgan fingerprint density at radius 3 is 2.30 bits per heavy atom. The van der Waals surface area contributed by atoms with Gasteiger partial charge in [0.1, 0.15) is 11.4 Å². The molecule has 1 aromatic carbocycles. The average molecular weight is 410 g/mol. The van der Waals surface area contributed by atoms with E-state index in [0.29, 0.717) is 11.8 Å². The molecule has 0 bridgehead atoms. The molecule has 0 aliphatic carbocycles. The summed E-state index contributed by atoms with van der Waals surface area (Å²) in [4.78, 5) is 20.9. The van der Waals surface area contributed by atoms with Crippen LogP contribution in [-0.4, -0.2) is 47.8 Å². The number of pyridine rings is 1. The van der Waals surface area contributed by atoms with Crippen LogP contribution in [0.1, 0.15) is 31.9 Å². The average Bonchev–Trinajstić information content (AvgIpc) is 3.26. The van der Waals surface area contributed by atoms with Gasteiger partial charge in [-0.2, -0.15) is 0 Å². The minimum atomic E-state index is -0.464. The highest BCUT2D eigenvalue weighted by atomic mass is 19.1. The second-order valence-corrected chi connectivity index (χ2v) is 9.17. The summed E-state index contributed by atoms with van der Waals surface area (Å²) in [6.45, 7) is 9.00. The van der Waals surface area contributed by atoms with E-state index in [-0.39, 0.29) is 11.9 Å². The molecule has 6 heteroatoms. The predicted octanol–water partition coefficient (Wildman–Crippen LogP) is 4.69. The van der Waals surface area contributed by atoms with E-state index in [4.69, 9.17) is 4.74 Å². The summed E-state index contributed by atoms with van der Waals surface area (Å²) in [6, 6.07) is 8.54. The summed E-state index contributed by atoms with van der Waals surface area (Å²) in [5.41, 5.74) is 2.58. The van der Waals surface area contributed by atoms with Crippen LogP contribution >= 0.6 is 0 Å². The first-order chi connectivity index (χ1) is 14.3. The van der Waals surface area contributed by atoms with Gasteiger partial charge in [-0.15, -0.1) is 0 Å². The number of halogens is 1. The highest BCUT2D eigenvalue weighted by Gasteiger charge is 2.42. The largest absolute Gasteiger partial charge is 0.444 e. The molecule has 0 N–H and O–H groups in total. The van der Waals surface area contributed by atoms with Crippen molar-refractivity contribution in [1.29, 1.82) is 0 Å². The SMILES string of the molecule is CC(C)(C)OC(=O)N1CC2CN(c3cncc(C=Cc4ccc(F)cc4)c3)CC2C1. The van der Waals surface area contributed by atoms with Crippen LogP contribution in [0.5, 0.6) is 0 Å². The van der Waals surface area contributed by atoms with Gasteiger partial charge in [0.05, 0.1) is 11.9 Å². The molecule has 0 radical (unpaired) electrons. The van der Waals surface area contributed by atoms with Crippen molar-refractivity contribution in [2.75, 3.05) is 31.1 Å². The molecule has 1 aromatic heterocycles. The number of fused-ring (bicyclic) bond motifs is 1. The third-order valence-corrected chi connectivity index (χ3v) is 5.59. The van der Waals surface area contributed by atoms with E-state index in [1.54, 1.807) is 12.1 Å². The lowest BCUT2D eigenvalue weighted by Gasteiger charge is -2.26. The van der Waals surface area contributed by atoms with Gasteiger partial charge >= 0.3 is 6.09 Å². The molecule has 158 valence electrons. The van der Waals surface area contributed by atoms with E-state index in [0.717, 1.165) is 43.0 Å². The number of aromatic nitrogens is 1. The molecule has 5 nitrogen and oxygen atoms in total. The Hall–Kier alpha value is -2.89. The lowest BCUT2D eigenvalue weighted by Crippen LogP contribution is -2.37. The minimum Gasteiger partial charge on any atom is -0.444 e. The molecule has 1 amide bonds. The standard InChI is InChI=1S/C24H28FN3O2/c1-24(2,3)30-23(29)28-15-19-13-27(14-20(19)16-28)22-10-18(11-26-12-22)5-4-17-6-8-21(25)9-7-17/h4-12,19-20H,13-16H2,1-3H3. The molecule has 2 aromatic rings. The molecule has 2 saturated heterocycles. The van der Waals surface area contributed by atoms with Gasteiger partial charge < -0.3 is 14.5 Å². The molecule has 2 unspecified atom stereocenters. The van der Waals surface area contributed by atoms with Gasteiger partial charge in [0.2, 0.25) is 0 Å². The predicted molar refractivity (Wildman–Crippen MR) is 117 cm³/mol. The maximum Gasteiger partial charge on any atom is 0.410 e. The number of carbonyl (C=O) groups is 1. The Balaban J connectivity index is 1.37. The van der Waals surface area contributed by atoms with Crippen molar-refractivity contribution in [3.63, 3.8) is 0 Å². The van der Waals surface area contributed by atoms with Crippen molar-refractivity contribution in [1.82, 2.24) is 9.88 Å². The highest BCUT2D eigenvalue weighted by molar-refractivity contribution is 5.71. The quantitative estimate of drug-likeness (QED) is 0.738. The first kappa shape index (κ1) is 20.4. The first-order valence-corrected chi connectivity index (χ1v) is 10.4. The van der Waals surface area contributed by atoms with Crippen LogP contribution in [0.15, 0.2) is 42.7 Å². The van der Waals surface area contributed by atoms with Gasteiger partial charge in [-0.1, -0.05) is 24.3 Å². The van der Waals surface area contributed by atoms with Crippen molar-refractivity contribution in [2.24, 2.45) is 11.8 Å². The number of benzene rings is 1. The zero-order chi connectivity index (χ0) is 21.3. The number of anilines is 1. The summed E-state index contributed by atoms with van der Waals surface area (Å²) in [6.07, 6.45) is 7.45. The number of hydrogen-bond acceptors (Lipinski definition) is 4. The number of hydrogen-bond donors (Lipinski definition) is 0. The number of nitrogens with zero attached hydrogens (tertiary/aromatic N) is 3. The van der Waals surface area contributed by atoms with Crippen molar-refractivity contribution in [3.05, 3.63) is 59.7 Å². The van der Waals surface area contributed by atoms with Crippen LogP contribution in [0.25, 0.3) is 12.2 Å². The van der Waals surface area contributed by atoms with Crippen LogP contribution in [0.3, 0.4) is 0 Å². The van der Waals surface area contributed by atoms with Gasteiger partial charge in [0.15, 0.2) is 0 Å². The Morgan fingerprint density at radius 1 is 1.03 bits per heavy atom. The van der Waals surface area contributed by atoms with Gasteiger partial charge in [0.25, 0.3) is 0 Å². The molecule has 30 heavy (non-hydrogen) atoms. The molecule has 2 aliphatic rings. The van der Waals surface area contributed by atoms with Gasteiger partial charge in [-0.3, -0.25) is 4.98 Å². The van der Waals surface area contributed by atoms with E-state index in [1.807, 2.05) is 50.2 Å². The molecule has 4 rings (SSSR count). The number of likely N-dealkylation sites (tertiary alicyclic amines) is 1. The Morgan fingerprint density at radius 2 is 1.67 bits per heavy atom. The third-order valence-electron chi connectivity index (χ3n) is 5.59. The van der Waals surface area contributed by atoms with Crippen LogP contribution in [0.2, 0.25) is 0 Å². The fourth-order valence-corrected chi connectivity index (χ4v) is 4.15. The summed E-state index contributed by atoms with van der Waals surface area (Å²) >= 11 is 0. The summed E-state index contributed by atoms with van der Waals surface area (Å²) < 4.78 is 18.6. The number of ether oxygens (including phenoxy) is 1. The van der Waals surface area contributed by atoms with E-state index in [9.17, 15) is 9.18 Å². The summed E-state index contributed by atoms with van der Waals surface area (Å²) in [5.74, 6) is 0.674. The van der Waals surface area contributed by atoms with E-state index < -0.39 is 5.60 Å². The zero-order valence-corrected chi connectivity index (χ0v) is 17.7. The van der Waals surface area contributed by atoms with Gasteiger partial charge in [0, 0.05) is 44.2 Å². The molecule has 0 spiro atoms. The van der Waals surface area contributed by atoms with Crippen molar-refractivity contribution >= 4 is 23.9 Å². The number of carbonyl (C=O) groups excluding carboxylic acids is 1. The fourth-order valence-electron chi connectivity index (χ4n) is 4.15. The van der Waals surface area contributed by atoms with Crippen molar-refractivity contribution < 1.29 is 13.9 Å².